The van der Waals surface area contributed by atoms with Gasteiger partial charge < -0.3 is 4.74 Å². The van der Waals surface area contributed by atoms with Crippen LogP contribution in [-0.2, 0) is 11.2 Å². The highest BCUT2D eigenvalue weighted by Crippen LogP contribution is 2.28. The van der Waals surface area contributed by atoms with E-state index in [0.717, 1.165) is 51.7 Å². The van der Waals surface area contributed by atoms with E-state index in [1.165, 1.54) is 0 Å². The van der Waals surface area contributed by atoms with Crippen molar-refractivity contribution in [1.29, 1.82) is 0 Å². The van der Waals surface area contributed by atoms with E-state index < -0.39 is 0 Å². The predicted octanol–water partition coefficient (Wildman–Crippen LogP) is 5.15. The van der Waals surface area contributed by atoms with Crippen molar-refractivity contribution in [2.75, 3.05) is 13.2 Å². The predicted molar refractivity (Wildman–Crippen MR) is 117 cm³/mol. The Bertz CT molecular complexity index is 1240. The summed E-state index contributed by atoms with van der Waals surface area (Å²) in [5, 5.41) is 3.55. The highest BCUT2D eigenvalue weighted by atomic mass is 35.5. The van der Waals surface area contributed by atoms with Crippen LogP contribution < -0.4 is 5.56 Å². The smallest absolute Gasteiger partial charge is 0.261 e. The second kappa shape index (κ2) is 7.62. The molecule has 1 fully saturated rings. The Morgan fingerprint density at radius 1 is 1.00 bits per heavy atom. The molecule has 5 rings (SSSR count). The standard InChI is InChI=1S/C24H21ClN2O2/c25-18-7-5-16(6-8-18)13-17-14-22-23(21-4-2-1-3-20(17)21)26-15-27(24(22)28)19-9-11-29-12-10-19/h1-8,14-15,19H,9-13H2. The van der Waals surface area contributed by atoms with Gasteiger partial charge in [-0.2, -0.15) is 0 Å². The van der Waals surface area contributed by atoms with Gasteiger partial charge in [-0.15, -0.1) is 0 Å². The minimum absolute atomic E-state index is 0.0324. The summed E-state index contributed by atoms with van der Waals surface area (Å²) >= 11 is 6.04. The second-order valence-electron chi connectivity index (χ2n) is 7.58. The van der Waals surface area contributed by atoms with E-state index in [9.17, 15) is 4.79 Å². The highest BCUT2D eigenvalue weighted by Gasteiger charge is 2.19. The Morgan fingerprint density at radius 3 is 2.48 bits per heavy atom. The number of rotatable bonds is 3. The van der Waals surface area contributed by atoms with Crippen LogP contribution >= 0.6 is 11.6 Å². The molecule has 0 amide bonds. The topological polar surface area (TPSA) is 44.1 Å². The van der Waals surface area contributed by atoms with E-state index in [1.54, 1.807) is 10.9 Å². The lowest BCUT2D eigenvalue weighted by Gasteiger charge is -2.24. The van der Waals surface area contributed by atoms with Crippen LogP contribution in [0.2, 0.25) is 5.02 Å². The summed E-state index contributed by atoms with van der Waals surface area (Å²) in [4.78, 5) is 18.1. The molecule has 5 heteroatoms. The molecule has 0 N–H and O–H groups in total. The minimum Gasteiger partial charge on any atom is -0.381 e. The summed E-state index contributed by atoms with van der Waals surface area (Å²) in [5.74, 6) is 0. The molecule has 0 spiro atoms. The van der Waals surface area contributed by atoms with Crippen LogP contribution in [0.25, 0.3) is 21.7 Å². The Balaban J connectivity index is 1.69. The Morgan fingerprint density at radius 2 is 1.72 bits per heavy atom. The number of benzene rings is 3. The molecule has 3 aromatic carbocycles. The molecule has 1 saturated heterocycles. The van der Waals surface area contributed by atoms with E-state index in [4.69, 9.17) is 21.3 Å². The van der Waals surface area contributed by atoms with E-state index in [-0.39, 0.29) is 11.6 Å². The summed E-state index contributed by atoms with van der Waals surface area (Å²) in [6.45, 7) is 1.38. The van der Waals surface area contributed by atoms with Gasteiger partial charge in [0.05, 0.1) is 17.2 Å². The first kappa shape index (κ1) is 18.3. The molecule has 1 aliphatic rings. The monoisotopic (exact) mass is 404 g/mol. The van der Waals surface area contributed by atoms with Crippen LogP contribution in [-0.4, -0.2) is 22.8 Å². The summed E-state index contributed by atoms with van der Waals surface area (Å²) in [6, 6.07) is 18.2. The lowest BCUT2D eigenvalue weighted by Crippen LogP contribution is -2.29. The van der Waals surface area contributed by atoms with Crippen molar-refractivity contribution in [2.45, 2.75) is 25.3 Å². The zero-order valence-electron chi connectivity index (χ0n) is 16.0. The van der Waals surface area contributed by atoms with E-state index in [0.29, 0.717) is 18.6 Å². The molecule has 2 heterocycles. The van der Waals surface area contributed by atoms with Crippen LogP contribution in [0.3, 0.4) is 0 Å². The van der Waals surface area contributed by atoms with Gasteiger partial charge in [-0.1, -0.05) is 48.0 Å². The van der Waals surface area contributed by atoms with Crippen LogP contribution in [0.15, 0.2) is 65.7 Å². The van der Waals surface area contributed by atoms with Crippen molar-refractivity contribution in [3.63, 3.8) is 0 Å². The fourth-order valence-corrected chi connectivity index (χ4v) is 4.37. The zero-order chi connectivity index (χ0) is 19.8. The Kier molecular flexibility index (Phi) is 4.82. The van der Waals surface area contributed by atoms with Gasteiger partial charge in [0, 0.05) is 29.7 Å². The van der Waals surface area contributed by atoms with Crippen molar-refractivity contribution in [3.05, 3.63) is 87.4 Å². The number of hydrogen-bond acceptors (Lipinski definition) is 3. The molecule has 0 bridgehead atoms. The van der Waals surface area contributed by atoms with Gasteiger partial charge in [0.1, 0.15) is 0 Å². The van der Waals surface area contributed by atoms with Crippen molar-refractivity contribution < 1.29 is 4.74 Å². The van der Waals surface area contributed by atoms with E-state index >= 15 is 0 Å². The average Bonchev–Trinajstić information content (AvgIpc) is 2.77. The van der Waals surface area contributed by atoms with E-state index in [2.05, 4.69) is 6.07 Å². The third-order valence-corrected chi connectivity index (χ3v) is 6.02. The van der Waals surface area contributed by atoms with Gasteiger partial charge >= 0.3 is 0 Å². The van der Waals surface area contributed by atoms with Crippen LogP contribution in [0, 0.1) is 0 Å². The fourth-order valence-electron chi connectivity index (χ4n) is 4.24. The van der Waals surface area contributed by atoms with Crippen LogP contribution in [0.1, 0.15) is 30.0 Å². The fraction of sp³-hybridized carbons (Fsp3) is 0.250. The largest absolute Gasteiger partial charge is 0.381 e. The van der Waals surface area contributed by atoms with Gasteiger partial charge in [-0.3, -0.25) is 9.36 Å². The number of fused-ring (bicyclic) bond motifs is 3. The number of nitrogens with zero attached hydrogens (tertiary/aromatic N) is 2. The maximum absolute atomic E-state index is 13.4. The molecule has 0 unspecified atom stereocenters. The SMILES string of the molecule is O=c1c2cc(Cc3ccc(Cl)cc3)c3ccccc3c2ncn1C1CCOCC1. The number of hydrogen-bond donors (Lipinski definition) is 0. The first-order valence-electron chi connectivity index (χ1n) is 9.94. The molecule has 29 heavy (non-hydrogen) atoms. The van der Waals surface area contributed by atoms with Crippen molar-refractivity contribution in [3.8, 4) is 0 Å². The number of ether oxygens (including phenoxy) is 1. The minimum atomic E-state index is 0.0324. The Hall–Kier alpha value is -2.69. The van der Waals surface area contributed by atoms with Gasteiger partial charge in [0.25, 0.3) is 5.56 Å². The van der Waals surface area contributed by atoms with Crippen LogP contribution in [0.4, 0.5) is 0 Å². The van der Waals surface area contributed by atoms with Crippen molar-refractivity contribution >= 4 is 33.3 Å². The molecular weight excluding hydrogens is 384 g/mol. The molecule has 146 valence electrons. The molecule has 1 aliphatic heterocycles. The molecule has 4 aromatic rings. The summed E-state index contributed by atoms with van der Waals surface area (Å²) in [6.07, 6.45) is 4.14. The molecule has 0 radical (unpaired) electrons. The maximum atomic E-state index is 13.4. The molecule has 4 nitrogen and oxygen atoms in total. The first-order chi connectivity index (χ1) is 14.2. The lowest BCUT2D eigenvalue weighted by molar-refractivity contribution is 0.0685. The second-order valence-corrected chi connectivity index (χ2v) is 8.02. The lowest BCUT2D eigenvalue weighted by atomic mass is 9.96. The maximum Gasteiger partial charge on any atom is 0.261 e. The summed E-state index contributed by atoms with van der Waals surface area (Å²) in [7, 11) is 0. The van der Waals surface area contributed by atoms with Gasteiger partial charge in [-0.25, -0.2) is 4.98 Å². The molecule has 1 aromatic heterocycles. The van der Waals surface area contributed by atoms with Crippen molar-refractivity contribution in [1.82, 2.24) is 9.55 Å². The summed E-state index contributed by atoms with van der Waals surface area (Å²) < 4.78 is 7.25. The third-order valence-electron chi connectivity index (χ3n) is 5.77. The molecule has 0 atom stereocenters. The van der Waals surface area contributed by atoms with E-state index in [1.807, 2.05) is 48.5 Å². The quantitative estimate of drug-likeness (QED) is 0.444. The number of aromatic nitrogens is 2. The third kappa shape index (κ3) is 3.43. The van der Waals surface area contributed by atoms with Gasteiger partial charge in [0.2, 0.25) is 0 Å². The molecule has 0 saturated carbocycles. The first-order valence-corrected chi connectivity index (χ1v) is 10.3. The Labute approximate surface area is 173 Å². The molecule has 0 aliphatic carbocycles. The zero-order valence-corrected chi connectivity index (χ0v) is 16.7. The number of halogens is 1. The molecular formula is C24H21ClN2O2. The highest BCUT2D eigenvalue weighted by molar-refractivity contribution is 6.30. The average molecular weight is 405 g/mol. The normalized spacial score (nSPS) is 15.2. The van der Waals surface area contributed by atoms with Crippen molar-refractivity contribution in [2.24, 2.45) is 0 Å². The van der Waals surface area contributed by atoms with Gasteiger partial charge in [0.15, 0.2) is 0 Å². The van der Waals surface area contributed by atoms with Gasteiger partial charge in [-0.05, 0) is 54.0 Å². The van der Waals surface area contributed by atoms with Crippen LogP contribution in [0.5, 0.6) is 0 Å². The summed E-state index contributed by atoms with van der Waals surface area (Å²) in [5.41, 5.74) is 3.09.